The van der Waals surface area contributed by atoms with Crippen LogP contribution in [0, 0.1) is 0 Å². The van der Waals surface area contributed by atoms with Crippen molar-refractivity contribution in [2.45, 2.75) is 6.42 Å². The second kappa shape index (κ2) is 5.21. The lowest BCUT2D eigenvalue weighted by Gasteiger charge is -2.00. The largest absolute Gasteiger partial charge is 0.477 e. The van der Waals surface area contributed by atoms with Gasteiger partial charge in [0, 0.05) is 5.02 Å². The minimum atomic E-state index is -0.895. The fourth-order valence-corrected chi connectivity index (χ4v) is 3.23. The van der Waals surface area contributed by atoms with Crippen molar-refractivity contribution in [3.63, 3.8) is 0 Å². The Morgan fingerprint density at radius 3 is 2.76 bits per heavy atom. The molecule has 0 spiro atoms. The number of carboxylic acid groups (broad SMARTS) is 1. The van der Waals surface area contributed by atoms with Crippen LogP contribution in [0.15, 0.2) is 34.1 Å². The maximum atomic E-state index is 10.8. The first-order valence-electron chi connectivity index (χ1n) is 4.82. The zero-order chi connectivity index (χ0) is 12.4. The summed E-state index contributed by atoms with van der Waals surface area (Å²) in [7, 11) is 0. The van der Waals surface area contributed by atoms with E-state index >= 15 is 0 Å². The van der Waals surface area contributed by atoms with E-state index in [0.29, 0.717) is 16.3 Å². The number of hydrogen-bond donors (Lipinski definition) is 1. The van der Waals surface area contributed by atoms with Gasteiger partial charge in [0.1, 0.15) is 4.88 Å². The van der Waals surface area contributed by atoms with E-state index in [4.69, 9.17) is 16.7 Å². The molecule has 5 heteroatoms. The van der Waals surface area contributed by atoms with Crippen LogP contribution in [0.5, 0.6) is 0 Å². The average Bonchev–Trinajstić information content (AvgIpc) is 2.61. The van der Waals surface area contributed by atoms with Crippen LogP contribution in [0.2, 0.25) is 5.02 Å². The Morgan fingerprint density at radius 2 is 2.18 bits per heavy atom. The Morgan fingerprint density at radius 1 is 1.41 bits per heavy atom. The zero-order valence-electron chi connectivity index (χ0n) is 8.61. The van der Waals surface area contributed by atoms with Crippen LogP contribution in [0.1, 0.15) is 20.8 Å². The maximum absolute atomic E-state index is 10.8. The van der Waals surface area contributed by atoms with Gasteiger partial charge in [0.15, 0.2) is 0 Å². The molecule has 0 saturated heterocycles. The number of thiophene rings is 1. The van der Waals surface area contributed by atoms with Crippen LogP contribution in [0.25, 0.3) is 0 Å². The van der Waals surface area contributed by atoms with Gasteiger partial charge in [0.25, 0.3) is 0 Å². The summed E-state index contributed by atoms with van der Waals surface area (Å²) < 4.78 is 0.856. The molecule has 2 nitrogen and oxygen atoms in total. The molecule has 0 radical (unpaired) electrons. The third kappa shape index (κ3) is 3.09. The van der Waals surface area contributed by atoms with Crippen LogP contribution in [0.4, 0.5) is 0 Å². The summed E-state index contributed by atoms with van der Waals surface area (Å²) in [5, 5.41) is 9.59. The van der Waals surface area contributed by atoms with E-state index in [2.05, 4.69) is 15.9 Å². The number of carbonyl (C=O) groups is 1. The van der Waals surface area contributed by atoms with Crippen LogP contribution in [-0.4, -0.2) is 11.1 Å². The summed E-state index contributed by atoms with van der Waals surface area (Å²) in [5.74, 6) is -0.895. The predicted molar refractivity (Wildman–Crippen MR) is 73.2 cm³/mol. The van der Waals surface area contributed by atoms with Gasteiger partial charge in [-0.25, -0.2) is 4.79 Å². The van der Waals surface area contributed by atoms with Crippen LogP contribution in [0.3, 0.4) is 0 Å². The van der Waals surface area contributed by atoms with Gasteiger partial charge >= 0.3 is 5.97 Å². The molecular weight excluding hydrogens is 324 g/mol. The van der Waals surface area contributed by atoms with E-state index in [0.717, 1.165) is 14.9 Å². The standard InChI is InChI=1S/C12H8BrClO2S/c13-11-8(6-10(17-11)12(15)16)4-7-2-1-3-9(14)5-7/h1-3,5-6H,4H2,(H,15,16). The normalized spacial score (nSPS) is 10.5. The molecule has 1 N–H and O–H groups in total. The van der Waals surface area contributed by atoms with Gasteiger partial charge in [-0.2, -0.15) is 0 Å². The molecule has 2 aromatic rings. The molecule has 17 heavy (non-hydrogen) atoms. The van der Waals surface area contributed by atoms with Crippen LogP contribution >= 0.6 is 38.9 Å². The van der Waals surface area contributed by atoms with Crippen molar-refractivity contribution in [2.75, 3.05) is 0 Å². The summed E-state index contributed by atoms with van der Waals surface area (Å²) in [5.41, 5.74) is 2.03. The van der Waals surface area contributed by atoms with Gasteiger partial charge in [-0.3, -0.25) is 0 Å². The topological polar surface area (TPSA) is 37.3 Å². The van der Waals surface area contributed by atoms with Gasteiger partial charge in [-0.15, -0.1) is 11.3 Å². The van der Waals surface area contributed by atoms with E-state index in [-0.39, 0.29) is 0 Å². The Bertz CT molecular complexity index is 565. The van der Waals surface area contributed by atoms with E-state index in [1.165, 1.54) is 11.3 Å². The Balaban J connectivity index is 2.27. The zero-order valence-corrected chi connectivity index (χ0v) is 11.8. The summed E-state index contributed by atoms with van der Waals surface area (Å²) >= 11 is 10.5. The molecule has 0 amide bonds. The van der Waals surface area contributed by atoms with Crippen molar-refractivity contribution in [3.8, 4) is 0 Å². The van der Waals surface area contributed by atoms with Gasteiger partial charge < -0.3 is 5.11 Å². The molecule has 0 aliphatic carbocycles. The quantitative estimate of drug-likeness (QED) is 0.902. The summed E-state index contributed by atoms with van der Waals surface area (Å²) in [6, 6.07) is 9.24. The average molecular weight is 332 g/mol. The van der Waals surface area contributed by atoms with Gasteiger partial charge in [-0.05, 0) is 51.7 Å². The lowest BCUT2D eigenvalue weighted by atomic mass is 10.1. The van der Waals surface area contributed by atoms with E-state index in [1.807, 2.05) is 24.3 Å². The molecule has 0 aliphatic heterocycles. The molecule has 0 aliphatic rings. The first-order valence-corrected chi connectivity index (χ1v) is 6.81. The number of halogens is 2. The number of benzene rings is 1. The summed E-state index contributed by atoms with van der Waals surface area (Å²) in [6.45, 7) is 0. The van der Waals surface area contributed by atoms with Crippen LogP contribution in [-0.2, 0) is 6.42 Å². The smallest absolute Gasteiger partial charge is 0.345 e. The fraction of sp³-hybridized carbons (Fsp3) is 0.0833. The SMILES string of the molecule is O=C(O)c1cc(Cc2cccc(Cl)c2)c(Br)s1. The Hall–Kier alpha value is -0.840. The Labute approximate surface area is 116 Å². The third-order valence-electron chi connectivity index (χ3n) is 2.25. The Kier molecular flexibility index (Phi) is 3.86. The van der Waals surface area contributed by atoms with Crippen molar-refractivity contribution < 1.29 is 9.90 Å². The molecule has 1 heterocycles. The fourth-order valence-electron chi connectivity index (χ4n) is 1.50. The predicted octanol–water partition coefficient (Wildman–Crippen LogP) is 4.45. The van der Waals surface area contributed by atoms with Crippen molar-refractivity contribution in [2.24, 2.45) is 0 Å². The maximum Gasteiger partial charge on any atom is 0.345 e. The van der Waals surface area contributed by atoms with Gasteiger partial charge in [0.05, 0.1) is 3.79 Å². The highest BCUT2D eigenvalue weighted by atomic mass is 79.9. The highest BCUT2D eigenvalue weighted by Gasteiger charge is 2.12. The molecule has 0 atom stereocenters. The lowest BCUT2D eigenvalue weighted by molar-refractivity contribution is 0.0702. The number of rotatable bonds is 3. The van der Waals surface area contributed by atoms with Gasteiger partial charge in [-0.1, -0.05) is 23.7 Å². The van der Waals surface area contributed by atoms with Crippen molar-refractivity contribution in [1.29, 1.82) is 0 Å². The van der Waals surface area contributed by atoms with Crippen LogP contribution < -0.4 is 0 Å². The highest BCUT2D eigenvalue weighted by Crippen LogP contribution is 2.30. The molecule has 0 bridgehead atoms. The second-order valence-corrected chi connectivity index (χ2v) is 6.33. The van der Waals surface area contributed by atoms with Crippen molar-refractivity contribution >= 4 is 44.8 Å². The minimum absolute atomic E-state index is 0.342. The first kappa shape index (κ1) is 12.6. The molecule has 1 aromatic heterocycles. The van der Waals surface area contributed by atoms with Crippen molar-refractivity contribution in [1.82, 2.24) is 0 Å². The van der Waals surface area contributed by atoms with Crippen molar-refractivity contribution in [3.05, 3.63) is 55.1 Å². The number of aromatic carboxylic acids is 1. The highest BCUT2D eigenvalue weighted by molar-refractivity contribution is 9.11. The second-order valence-electron chi connectivity index (χ2n) is 3.52. The molecule has 0 fully saturated rings. The number of hydrogen-bond acceptors (Lipinski definition) is 2. The lowest BCUT2D eigenvalue weighted by Crippen LogP contribution is -1.91. The van der Waals surface area contributed by atoms with Gasteiger partial charge in [0.2, 0.25) is 0 Å². The third-order valence-corrected chi connectivity index (χ3v) is 4.44. The molecule has 2 rings (SSSR count). The summed E-state index contributed by atoms with van der Waals surface area (Å²) in [4.78, 5) is 11.2. The molecule has 88 valence electrons. The van der Waals surface area contributed by atoms with E-state index in [1.54, 1.807) is 6.07 Å². The first-order chi connectivity index (χ1) is 8.06. The molecule has 1 aromatic carbocycles. The molecule has 0 saturated carbocycles. The van der Waals surface area contributed by atoms with E-state index in [9.17, 15) is 4.79 Å². The summed E-state index contributed by atoms with van der Waals surface area (Å²) in [6.07, 6.45) is 0.672. The minimum Gasteiger partial charge on any atom is -0.477 e. The van der Waals surface area contributed by atoms with E-state index < -0.39 is 5.97 Å². The molecule has 0 unspecified atom stereocenters. The monoisotopic (exact) mass is 330 g/mol. The number of carboxylic acids is 1. The molecular formula is C12H8BrClO2S.